The first-order valence-corrected chi connectivity index (χ1v) is 10.6. The Labute approximate surface area is 193 Å². The molecule has 184 valence electrons. The summed E-state index contributed by atoms with van der Waals surface area (Å²) in [5.74, 6) is -3.01. The fraction of sp³-hybridized carbons (Fsp3) is 0.409. The Kier molecular flexibility index (Phi) is 8.77. The van der Waals surface area contributed by atoms with Gasteiger partial charge in [-0.05, 0) is 38.0 Å². The number of benzene rings is 1. The predicted molar refractivity (Wildman–Crippen MR) is 115 cm³/mol. The molecule has 0 aliphatic carbocycles. The second kappa shape index (κ2) is 11.7. The van der Waals surface area contributed by atoms with Gasteiger partial charge >= 0.3 is 6.61 Å². The number of rotatable bonds is 5. The molecule has 2 unspecified atom stereocenters. The average Bonchev–Trinajstić information content (AvgIpc) is 3.24. The number of anilines is 2. The molecule has 0 radical (unpaired) electrons. The summed E-state index contributed by atoms with van der Waals surface area (Å²) in [6.45, 7) is 0.436. The fourth-order valence-corrected chi connectivity index (χ4v) is 3.38. The number of nitrogens with one attached hydrogen (secondary N) is 2. The van der Waals surface area contributed by atoms with Crippen LogP contribution in [-0.4, -0.2) is 55.3 Å². The normalized spacial score (nSPS) is 20.1. The van der Waals surface area contributed by atoms with E-state index in [4.69, 9.17) is 4.74 Å². The minimum atomic E-state index is -3.15. The topological polar surface area (TPSA) is 92.8 Å². The van der Waals surface area contributed by atoms with Crippen molar-refractivity contribution >= 4 is 23.3 Å². The van der Waals surface area contributed by atoms with Crippen LogP contribution in [0.15, 0.2) is 36.5 Å². The van der Waals surface area contributed by atoms with Crippen molar-refractivity contribution in [3.05, 3.63) is 48.2 Å². The van der Waals surface area contributed by atoms with E-state index in [9.17, 15) is 27.2 Å². The Balaban J connectivity index is 0.000000229. The maximum atomic E-state index is 12.5. The molecule has 4 rings (SSSR count). The number of hydrogen-bond donors (Lipinski definition) is 2. The smallest absolute Gasteiger partial charge is 0.387 e. The SMILES string of the molecule is CC1CCC(C(=O)Nc2ccnc(N3CCNCC3=O)c2)O1.Fc1cccc(OC(F)F)c1F. The summed E-state index contributed by atoms with van der Waals surface area (Å²) in [7, 11) is 0. The van der Waals surface area contributed by atoms with Crippen molar-refractivity contribution in [3.63, 3.8) is 0 Å². The number of ether oxygens (including phenoxy) is 2. The highest BCUT2D eigenvalue weighted by molar-refractivity contribution is 5.97. The number of carbonyl (C=O) groups excluding carboxylic acids is 2. The molecule has 34 heavy (non-hydrogen) atoms. The fourth-order valence-electron chi connectivity index (χ4n) is 3.38. The molecule has 2 aromatic rings. The molecule has 2 aliphatic heterocycles. The standard InChI is InChI=1S/C15H20N4O3.C7H4F4O/c1-10-2-3-12(22-10)15(21)18-11-4-5-17-13(8-11)19-7-6-16-9-14(19)20;8-4-2-1-3-5(6(4)9)12-7(10)11/h4-5,8,10,12,16H,2-3,6-7,9H2,1H3,(H,17,18,21);1-3,7H. The maximum Gasteiger partial charge on any atom is 0.387 e. The van der Waals surface area contributed by atoms with Crippen molar-refractivity contribution in [2.45, 2.75) is 38.6 Å². The van der Waals surface area contributed by atoms with Crippen LogP contribution in [0.25, 0.3) is 0 Å². The molecule has 0 saturated carbocycles. The Morgan fingerprint density at radius 1 is 1.29 bits per heavy atom. The second-order valence-corrected chi connectivity index (χ2v) is 7.56. The van der Waals surface area contributed by atoms with Gasteiger partial charge in [-0.2, -0.15) is 13.2 Å². The number of hydrogen-bond acceptors (Lipinski definition) is 6. The lowest BCUT2D eigenvalue weighted by atomic mass is 10.2. The molecule has 0 bridgehead atoms. The van der Waals surface area contributed by atoms with Gasteiger partial charge in [0.1, 0.15) is 11.9 Å². The van der Waals surface area contributed by atoms with E-state index in [0.29, 0.717) is 24.6 Å². The highest BCUT2D eigenvalue weighted by Gasteiger charge is 2.28. The van der Waals surface area contributed by atoms with E-state index in [2.05, 4.69) is 20.4 Å². The molecule has 3 heterocycles. The number of carbonyl (C=O) groups is 2. The van der Waals surface area contributed by atoms with Gasteiger partial charge in [-0.3, -0.25) is 14.5 Å². The Hall–Kier alpha value is -3.25. The summed E-state index contributed by atoms with van der Waals surface area (Å²) < 4.78 is 57.1. The lowest BCUT2D eigenvalue weighted by molar-refractivity contribution is -0.126. The summed E-state index contributed by atoms with van der Waals surface area (Å²) in [5, 5.41) is 5.86. The molecular formula is C22H24F4N4O4. The number of aromatic nitrogens is 1. The third-order valence-electron chi connectivity index (χ3n) is 5.04. The summed E-state index contributed by atoms with van der Waals surface area (Å²) in [4.78, 5) is 29.9. The summed E-state index contributed by atoms with van der Waals surface area (Å²) in [6, 6.07) is 6.25. The quantitative estimate of drug-likeness (QED) is 0.634. The van der Waals surface area contributed by atoms with Gasteiger partial charge in [0.2, 0.25) is 11.7 Å². The van der Waals surface area contributed by atoms with E-state index < -0.39 is 30.1 Å². The van der Waals surface area contributed by atoms with E-state index in [-0.39, 0.29) is 17.9 Å². The van der Waals surface area contributed by atoms with Crippen LogP contribution < -0.4 is 20.3 Å². The van der Waals surface area contributed by atoms with Crippen molar-refractivity contribution in [1.82, 2.24) is 10.3 Å². The molecule has 1 aromatic heterocycles. The highest BCUT2D eigenvalue weighted by atomic mass is 19.3. The molecule has 2 atom stereocenters. The summed E-state index contributed by atoms with van der Waals surface area (Å²) >= 11 is 0. The highest BCUT2D eigenvalue weighted by Crippen LogP contribution is 2.23. The van der Waals surface area contributed by atoms with Crippen LogP contribution in [0.2, 0.25) is 0 Å². The zero-order chi connectivity index (χ0) is 24.7. The zero-order valence-electron chi connectivity index (χ0n) is 18.3. The first-order valence-electron chi connectivity index (χ1n) is 10.6. The third kappa shape index (κ3) is 6.87. The first kappa shape index (κ1) is 25.4. The lowest BCUT2D eigenvalue weighted by Gasteiger charge is -2.26. The number of halogens is 4. The predicted octanol–water partition coefficient (Wildman–Crippen LogP) is 3.09. The van der Waals surface area contributed by atoms with Gasteiger partial charge in [0.25, 0.3) is 5.91 Å². The lowest BCUT2D eigenvalue weighted by Crippen LogP contribution is -2.48. The van der Waals surface area contributed by atoms with Crippen LogP contribution in [0, 0.1) is 11.6 Å². The van der Waals surface area contributed by atoms with Gasteiger partial charge < -0.3 is 20.1 Å². The number of pyridine rings is 1. The van der Waals surface area contributed by atoms with Gasteiger partial charge in [-0.1, -0.05) is 6.07 Å². The molecule has 12 heteroatoms. The molecule has 2 aliphatic rings. The molecule has 2 N–H and O–H groups in total. The van der Waals surface area contributed by atoms with E-state index in [1.165, 1.54) is 0 Å². The number of amides is 2. The minimum Gasteiger partial charge on any atom is -0.432 e. The second-order valence-electron chi connectivity index (χ2n) is 7.56. The first-order chi connectivity index (χ1) is 16.2. The Bertz CT molecular complexity index is 1010. The van der Waals surface area contributed by atoms with Crippen LogP contribution in [0.5, 0.6) is 5.75 Å². The van der Waals surface area contributed by atoms with Gasteiger partial charge in [-0.15, -0.1) is 0 Å². The van der Waals surface area contributed by atoms with Crippen LogP contribution in [0.1, 0.15) is 19.8 Å². The van der Waals surface area contributed by atoms with Gasteiger partial charge in [0.05, 0.1) is 12.6 Å². The molecule has 2 saturated heterocycles. The van der Waals surface area contributed by atoms with E-state index >= 15 is 0 Å². The van der Waals surface area contributed by atoms with Crippen LogP contribution in [0.4, 0.5) is 29.1 Å². The molecular weight excluding hydrogens is 460 g/mol. The third-order valence-corrected chi connectivity index (χ3v) is 5.04. The zero-order valence-corrected chi connectivity index (χ0v) is 18.3. The molecule has 0 spiro atoms. The van der Waals surface area contributed by atoms with Crippen molar-refractivity contribution < 1.29 is 36.6 Å². The number of piperazine rings is 1. The van der Waals surface area contributed by atoms with Crippen molar-refractivity contribution in [2.24, 2.45) is 0 Å². The van der Waals surface area contributed by atoms with Crippen LogP contribution >= 0.6 is 0 Å². The van der Waals surface area contributed by atoms with Crippen molar-refractivity contribution in [3.8, 4) is 5.75 Å². The van der Waals surface area contributed by atoms with Crippen LogP contribution in [0.3, 0.4) is 0 Å². The molecule has 8 nitrogen and oxygen atoms in total. The number of alkyl halides is 2. The van der Waals surface area contributed by atoms with Gasteiger partial charge in [0, 0.05) is 31.0 Å². The van der Waals surface area contributed by atoms with Gasteiger partial charge in [-0.25, -0.2) is 9.37 Å². The minimum absolute atomic E-state index is 0.0184. The molecule has 1 aromatic carbocycles. The van der Waals surface area contributed by atoms with Crippen molar-refractivity contribution in [2.75, 3.05) is 29.9 Å². The molecule has 2 fully saturated rings. The van der Waals surface area contributed by atoms with E-state index in [1.807, 2.05) is 6.92 Å². The Morgan fingerprint density at radius 2 is 2.09 bits per heavy atom. The van der Waals surface area contributed by atoms with Crippen molar-refractivity contribution in [1.29, 1.82) is 0 Å². The average molecular weight is 484 g/mol. The monoisotopic (exact) mass is 484 g/mol. The van der Waals surface area contributed by atoms with Crippen LogP contribution in [-0.2, 0) is 14.3 Å². The maximum absolute atomic E-state index is 12.5. The molecule has 2 amide bonds. The summed E-state index contributed by atoms with van der Waals surface area (Å²) in [5.41, 5.74) is 0.629. The largest absolute Gasteiger partial charge is 0.432 e. The summed E-state index contributed by atoms with van der Waals surface area (Å²) in [6.07, 6.45) is 2.96. The van der Waals surface area contributed by atoms with Gasteiger partial charge in [0.15, 0.2) is 11.6 Å². The van der Waals surface area contributed by atoms with E-state index in [1.54, 1.807) is 23.2 Å². The van der Waals surface area contributed by atoms with E-state index in [0.717, 1.165) is 37.6 Å². The number of nitrogens with zero attached hydrogens (tertiary/aromatic N) is 2. The Morgan fingerprint density at radius 3 is 2.76 bits per heavy atom.